The second-order valence-corrected chi connectivity index (χ2v) is 11.7. The molecule has 1 saturated carbocycles. The molecule has 0 aromatic heterocycles. The van der Waals surface area contributed by atoms with Crippen molar-refractivity contribution in [3.63, 3.8) is 0 Å². The Morgan fingerprint density at radius 3 is 1.45 bits per heavy atom. The molecule has 3 rings (SSSR count). The van der Waals surface area contributed by atoms with Crippen molar-refractivity contribution >= 4 is 29.8 Å². The molecule has 0 amide bonds. The first-order valence-electron chi connectivity index (χ1n) is 15.5. The molecule has 1 aliphatic carbocycles. The number of hydrogen-bond donors (Lipinski definition) is 13. The molecule has 3 aliphatic rings. The molecule has 0 aromatic carbocycles. The molecule has 2 heterocycles. The van der Waals surface area contributed by atoms with Gasteiger partial charge in [0.2, 0.25) is 0 Å². The molecule has 12 unspecified atom stereocenters. The van der Waals surface area contributed by atoms with Crippen LogP contribution in [-0.2, 0) is 42.9 Å². The number of likely N-dealkylation sites (N-methyl/N-ethyl adjacent to an activating group) is 1. The predicted molar refractivity (Wildman–Crippen MR) is 177 cm³/mol. The molecule has 51 heavy (non-hydrogen) atoms. The number of rotatable bonds is 6. The highest BCUT2D eigenvalue weighted by molar-refractivity contribution is 5.63. The van der Waals surface area contributed by atoms with E-state index in [1.807, 2.05) is 0 Å². The third-order valence-corrected chi connectivity index (χ3v) is 6.55. The van der Waals surface area contributed by atoms with Gasteiger partial charge in [-0.2, -0.15) is 0 Å². The van der Waals surface area contributed by atoms with Gasteiger partial charge in [0.15, 0.2) is 12.6 Å². The minimum Gasteiger partial charge on any atom is -0.481 e. The minimum atomic E-state index is -1.29. The quantitative estimate of drug-likeness (QED) is 0.125. The van der Waals surface area contributed by atoms with Crippen LogP contribution in [-0.4, -0.2) is 164 Å². The molecular formula is C29H59N5O17. The third-order valence-electron chi connectivity index (χ3n) is 6.55. The van der Waals surface area contributed by atoms with Gasteiger partial charge in [0.05, 0.1) is 24.8 Å². The fourth-order valence-electron chi connectivity index (χ4n) is 4.69. The van der Waals surface area contributed by atoms with E-state index in [1.54, 1.807) is 14.0 Å². The van der Waals surface area contributed by atoms with Crippen LogP contribution < -0.4 is 28.3 Å². The van der Waals surface area contributed by atoms with Crippen LogP contribution >= 0.6 is 0 Å². The number of carboxylic acids is 5. The average Bonchev–Trinajstić information content (AvgIpc) is 2.94. The number of aliphatic hydroxyl groups excluding tert-OH is 2. The fourth-order valence-corrected chi connectivity index (χ4v) is 4.69. The molecule has 2 aliphatic heterocycles. The van der Waals surface area contributed by atoms with Crippen molar-refractivity contribution in [3.05, 3.63) is 0 Å². The van der Waals surface area contributed by atoms with Gasteiger partial charge in [-0.05, 0) is 33.2 Å². The molecule has 22 heteroatoms. The van der Waals surface area contributed by atoms with Crippen LogP contribution in [0, 0.1) is 0 Å². The zero-order chi connectivity index (χ0) is 40.8. The number of aliphatic carboxylic acids is 5. The van der Waals surface area contributed by atoms with Gasteiger partial charge < -0.3 is 88.1 Å². The van der Waals surface area contributed by atoms with Gasteiger partial charge in [-0.25, -0.2) is 0 Å². The molecule has 2 saturated heterocycles. The number of nitrogens with one attached hydrogen (secondary N) is 1. The number of ether oxygens (including phenoxy) is 4. The molecular weight excluding hydrogens is 690 g/mol. The zero-order valence-electron chi connectivity index (χ0n) is 29.9. The molecule has 22 nitrogen and oxygen atoms in total. The number of nitrogens with two attached hydrogens (primary N) is 4. The SMILES string of the molecule is CC(=O)O.CC(=O)O.CC(=O)O.CC(=O)O.CC(=O)O.CNC1C(O)C(OC2C(N)CC(N)C(OC3OC(CN)CCC3N)C2O)OCC1(C)O. The predicted octanol–water partition coefficient (Wildman–Crippen LogP) is -3.52. The Labute approximate surface area is 295 Å². The van der Waals surface area contributed by atoms with E-state index in [2.05, 4.69) is 5.32 Å². The van der Waals surface area contributed by atoms with Crippen molar-refractivity contribution in [1.82, 2.24) is 5.32 Å². The lowest BCUT2D eigenvalue weighted by Gasteiger charge is -2.48. The summed E-state index contributed by atoms with van der Waals surface area (Å²) in [6.45, 7) is 7.25. The van der Waals surface area contributed by atoms with Crippen LogP contribution in [0.15, 0.2) is 0 Å². The Hall–Kier alpha value is -3.13. The van der Waals surface area contributed by atoms with Gasteiger partial charge in [0, 0.05) is 53.2 Å². The van der Waals surface area contributed by atoms with E-state index in [9.17, 15) is 15.3 Å². The van der Waals surface area contributed by atoms with E-state index < -0.39 is 90.6 Å². The second kappa shape index (κ2) is 26.6. The summed E-state index contributed by atoms with van der Waals surface area (Å²) >= 11 is 0. The number of carboxylic acid groups (broad SMARTS) is 5. The molecule has 12 atom stereocenters. The highest BCUT2D eigenvalue weighted by atomic mass is 16.7. The van der Waals surface area contributed by atoms with Crippen LogP contribution in [0.3, 0.4) is 0 Å². The van der Waals surface area contributed by atoms with Crippen molar-refractivity contribution in [3.8, 4) is 0 Å². The summed E-state index contributed by atoms with van der Waals surface area (Å²) < 4.78 is 23.3. The molecule has 17 N–H and O–H groups in total. The van der Waals surface area contributed by atoms with Crippen molar-refractivity contribution in [1.29, 1.82) is 0 Å². The first kappa shape index (κ1) is 52.2. The number of hydrogen-bond acceptors (Lipinski definition) is 17. The first-order chi connectivity index (χ1) is 23.2. The summed E-state index contributed by atoms with van der Waals surface area (Å²) in [5.41, 5.74) is 23.0. The summed E-state index contributed by atoms with van der Waals surface area (Å²) in [5, 5.41) is 72.0. The molecule has 302 valence electrons. The Balaban J connectivity index is -0.000000945. The summed E-state index contributed by atoms with van der Waals surface area (Å²) in [6, 6.07) is -2.26. The normalized spacial score (nSPS) is 33.8. The highest BCUT2D eigenvalue weighted by Crippen LogP contribution is 2.31. The van der Waals surface area contributed by atoms with Gasteiger partial charge in [-0.3, -0.25) is 24.0 Å². The summed E-state index contributed by atoms with van der Waals surface area (Å²) in [7, 11) is 1.62. The maximum Gasteiger partial charge on any atom is 0.300 e. The van der Waals surface area contributed by atoms with Crippen molar-refractivity contribution in [2.45, 2.75) is 134 Å². The number of aliphatic hydroxyl groups is 3. The summed E-state index contributed by atoms with van der Waals surface area (Å²) in [6.07, 6.45) is -4.48. The Kier molecular flexibility index (Phi) is 27.3. The first-order valence-corrected chi connectivity index (χ1v) is 15.5. The lowest BCUT2D eigenvalue weighted by molar-refractivity contribution is -0.306. The van der Waals surface area contributed by atoms with E-state index in [-0.39, 0.29) is 18.8 Å². The van der Waals surface area contributed by atoms with Crippen LogP contribution in [0.5, 0.6) is 0 Å². The second-order valence-electron chi connectivity index (χ2n) is 11.7. The van der Waals surface area contributed by atoms with Gasteiger partial charge in [0.1, 0.15) is 30.0 Å². The highest BCUT2D eigenvalue weighted by Gasteiger charge is 2.50. The third kappa shape index (κ3) is 24.7. The molecule has 0 radical (unpaired) electrons. The zero-order valence-corrected chi connectivity index (χ0v) is 29.9. The minimum absolute atomic E-state index is 0.0665. The lowest BCUT2D eigenvalue weighted by atomic mass is 9.84. The Morgan fingerprint density at radius 1 is 0.725 bits per heavy atom. The van der Waals surface area contributed by atoms with Gasteiger partial charge in [0.25, 0.3) is 29.8 Å². The van der Waals surface area contributed by atoms with Crippen LogP contribution in [0.4, 0.5) is 0 Å². The van der Waals surface area contributed by atoms with E-state index in [0.717, 1.165) is 41.0 Å². The maximum atomic E-state index is 11.0. The van der Waals surface area contributed by atoms with E-state index in [0.29, 0.717) is 19.4 Å². The summed E-state index contributed by atoms with van der Waals surface area (Å²) in [4.78, 5) is 45.0. The van der Waals surface area contributed by atoms with E-state index >= 15 is 0 Å². The fraction of sp³-hybridized carbons (Fsp3) is 0.828. The van der Waals surface area contributed by atoms with Crippen LogP contribution in [0.25, 0.3) is 0 Å². The lowest BCUT2D eigenvalue weighted by Crippen LogP contribution is -2.68. The largest absolute Gasteiger partial charge is 0.481 e. The standard InChI is InChI=1S/C19H39N5O7.5C2H4O2/c1-19(27)7-28-18(13(26)16(19)24-2)31-15-11(23)5-10(22)14(12(15)25)30-17-9(21)4-3-8(6-20)29-17;5*1-2(3)4/h8-18,24-27H,3-7,20-23H2,1-2H3;5*1H3,(H,3,4). The van der Waals surface area contributed by atoms with Crippen LogP contribution in [0.2, 0.25) is 0 Å². The van der Waals surface area contributed by atoms with Crippen LogP contribution in [0.1, 0.15) is 60.8 Å². The number of carbonyl (C=O) groups is 5. The maximum absolute atomic E-state index is 11.0. The molecule has 0 aromatic rings. The van der Waals surface area contributed by atoms with Crippen molar-refractivity contribution in [2.24, 2.45) is 22.9 Å². The molecule has 3 fully saturated rings. The average molecular weight is 750 g/mol. The topological polar surface area (TPSA) is 400 Å². The van der Waals surface area contributed by atoms with Gasteiger partial charge >= 0.3 is 0 Å². The molecule has 0 spiro atoms. The van der Waals surface area contributed by atoms with Gasteiger partial charge in [-0.1, -0.05) is 0 Å². The van der Waals surface area contributed by atoms with Crippen molar-refractivity contribution in [2.75, 3.05) is 20.2 Å². The Morgan fingerprint density at radius 2 is 1.10 bits per heavy atom. The molecule has 0 bridgehead atoms. The Bertz CT molecular complexity index is 950. The summed E-state index contributed by atoms with van der Waals surface area (Å²) in [5.74, 6) is -4.17. The van der Waals surface area contributed by atoms with Crippen molar-refractivity contribution < 1.29 is 83.8 Å². The van der Waals surface area contributed by atoms with Gasteiger partial charge in [-0.15, -0.1) is 0 Å². The monoisotopic (exact) mass is 749 g/mol. The van der Waals surface area contributed by atoms with E-state index in [1.165, 1.54) is 0 Å². The van der Waals surface area contributed by atoms with E-state index in [4.69, 9.17) is 91.4 Å². The smallest absolute Gasteiger partial charge is 0.300 e.